The Hall–Kier alpha value is -4.93. The molecule has 2 amide bonds. The molecule has 0 aromatic heterocycles. The number of carbonyl (C=O) groups excluding carboxylic acids is 2. The Bertz CT molecular complexity index is 1610. The fraction of sp³-hybridized carbons (Fsp3) is 0. The Kier molecular flexibility index (Phi) is 7.56. The van der Waals surface area contributed by atoms with Crippen molar-refractivity contribution in [2.75, 3.05) is 22.1 Å². The number of benzene rings is 4. The van der Waals surface area contributed by atoms with Gasteiger partial charge < -0.3 is 22.1 Å². The number of nitrogens with two attached hydrogens (primary N) is 2. The lowest BCUT2D eigenvalue weighted by atomic mass is 10.1. The second-order valence-electron chi connectivity index (χ2n) is 8.34. The van der Waals surface area contributed by atoms with Crippen molar-refractivity contribution in [1.29, 1.82) is 0 Å². The van der Waals surface area contributed by atoms with E-state index in [1.54, 1.807) is 78.9 Å². The van der Waals surface area contributed by atoms with Gasteiger partial charge >= 0.3 is 0 Å². The summed E-state index contributed by atoms with van der Waals surface area (Å²) in [5.41, 5.74) is 14.9. The molecular weight excluding hydrogens is 504 g/mol. The molecule has 0 saturated heterocycles. The van der Waals surface area contributed by atoms with Gasteiger partial charge in [0, 0.05) is 33.9 Å². The van der Waals surface area contributed by atoms with E-state index >= 15 is 0 Å². The van der Waals surface area contributed by atoms with Crippen LogP contribution < -0.4 is 22.1 Å². The summed E-state index contributed by atoms with van der Waals surface area (Å²) in [6.07, 6.45) is 3.18. The molecule has 4 aromatic rings. The van der Waals surface area contributed by atoms with Crippen LogP contribution in [0.5, 0.6) is 0 Å². The fourth-order valence-electron chi connectivity index (χ4n) is 3.51. The summed E-state index contributed by atoms with van der Waals surface area (Å²) in [4.78, 5) is 24.5. The van der Waals surface area contributed by atoms with E-state index < -0.39 is 16.0 Å². The van der Waals surface area contributed by atoms with Gasteiger partial charge in [0.15, 0.2) is 0 Å². The molecule has 0 heterocycles. The quantitative estimate of drug-likeness (QED) is 0.131. The zero-order valence-electron chi connectivity index (χ0n) is 20.0. The number of rotatable bonds is 7. The lowest BCUT2D eigenvalue weighted by molar-refractivity contribution is 0.101. The lowest BCUT2D eigenvalue weighted by Crippen LogP contribution is -2.12. The molecule has 38 heavy (non-hydrogen) atoms. The highest BCUT2D eigenvalue weighted by molar-refractivity contribution is 7.86. The molecule has 0 aliphatic rings. The third kappa shape index (κ3) is 6.64. The molecule has 0 spiro atoms. The molecule has 0 aliphatic carbocycles. The van der Waals surface area contributed by atoms with Crippen molar-refractivity contribution < 1.29 is 22.6 Å². The normalized spacial score (nSPS) is 11.3. The van der Waals surface area contributed by atoms with Gasteiger partial charge in [-0.05, 0) is 83.9 Å². The van der Waals surface area contributed by atoms with Gasteiger partial charge in [0.05, 0.1) is 0 Å². The van der Waals surface area contributed by atoms with E-state index in [-0.39, 0.29) is 22.1 Å². The van der Waals surface area contributed by atoms with Crippen molar-refractivity contribution in [3.05, 3.63) is 113 Å². The van der Waals surface area contributed by atoms with Crippen molar-refractivity contribution in [3.63, 3.8) is 0 Å². The third-order valence-corrected chi connectivity index (χ3v) is 6.43. The summed E-state index contributed by atoms with van der Waals surface area (Å²) in [6, 6.07) is 23.8. The average molecular weight is 529 g/mol. The van der Waals surface area contributed by atoms with Gasteiger partial charge in [-0.3, -0.25) is 14.1 Å². The smallest absolute Gasteiger partial charge is 0.295 e. The molecule has 7 N–H and O–H groups in total. The van der Waals surface area contributed by atoms with E-state index in [1.165, 1.54) is 24.3 Å². The molecule has 0 saturated carbocycles. The molecule has 10 heteroatoms. The molecule has 0 bridgehead atoms. The summed E-state index contributed by atoms with van der Waals surface area (Å²) in [5.74, 6) is -0.743. The van der Waals surface area contributed by atoms with Crippen LogP contribution in [0.2, 0.25) is 0 Å². The summed E-state index contributed by atoms with van der Waals surface area (Å²) < 4.78 is 33.8. The van der Waals surface area contributed by atoms with Crippen molar-refractivity contribution in [2.45, 2.75) is 4.90 Å². The zero-order chi connectivity index (χ0) is 27.3. The number of nitrogen functional groups attached to an aromatic ring is 2. The molecule has 0 fully saturated rings. The van der Waals surface area contributed by atoms with E-state index in [9.17, 15) is 22.6 Å². The zero-order valence-corrected chi connectivity index (χ0v) is 20.8. The van der Waals surface area contributed by atoms with E-state index in [4.69, 9.17) is 11.5 Å². The third-order valence-electron chi connectivity index (χ3n) is 5.52. The summed E-state index contributed by atoms with van der Waals surface area (Å²) >= 11 is 0. The van der Waals surface area contributed by atoms with Crippen LogP contribution in [0, 0.1) is 0 Å². The van der Waals surface area contributed by atoms with Crippen LogP contribution in [-0.4, -0.2) is 24.8 Å². The van der Waals surface area contributed by atoms with Crippen molar-refractivity contribution in [3.8, 4) is 0 Å². The number of carbonyl (C=O) groups is 2. The fourth-order valence-corrected chi connectivity index (χ4v) is 4.22. The summed E-state index contributed by atoms with van der Waals surface area (Å²) in [6.45, 7) is 0. The number of nitrogens with one attached hydrogen (secondary N) is 2. The van der Waals surface area contributed by atoms with Gasteiger partial charge in [-0.25, -0.2) is 0 Å². The van der Waals surface area contributed by atoms with Crippen molar-refractivity contribution >= 4 is 56.8 Å². The number of amides is 2. The van der Waals surface area contributed by atoms with E-state index in [0.29, 0.717) is 28.2 Å². The van der Waals surface area contributed by atoms with Crippen LogP contribution in [0.3, 0.4) is 0 Å². The van der Waals surface area contributed by atoms with Gasteiger partial charge in [-0.2, -0.15) is 8.42 Å². The Balaban J connectivity index is 1.48. The molecule has 0 radical (unpaired) electrons. The minimum atomic E-state index is -4.59. The first kappa shape index (κ1) is 26.1. The maximum absolute atomic E-state index is 12.5. The minimum absolute atomic E-state index is 0.192. The molecule has 4 rings (SSSR count). The largest absolute Gasteiger partial charge is 0.399 e. The van der Waals surface area contributed by atoms with E-state index in [0.717, 1.165) is 5.56 Å². The Morgan fingerprint density at radius 1 is 0.658 bits per heavy atom. The van der Waals surface area contributed by atoms with Crippen LogP contribution in [0.4, 0.5) is 22.7 Å². The van der Waals surface area contributed by atoms with E-state index in [2.05, 4.69) is 10.6 Å². The summed E-state index contributed by atoms with van der Waals surface area (Å²) in [5, 5.41) is 5.39. The Morgan fingerprint density at radius 2 is 1.13 bits per heavy atom. The molecule has 0 unspecified atom stereocenters. The van der Waals surface area contributed by atoms with Gasteiger partial charge in [0.2, 0.25) is 0 Å². The Labute approximate surface area is 219 Å². The first-order valence-electron chi connectivity index (χ1n) is 11.3. The van der Waals surface area contributed by atoms with Gasteiger partial charge in [-0.1, -0.05) is 30.4 Å². The molecule has 9 nitrogen and oxygen atoms in total. The van der Waals surface area contributed by atoms with Gasteiger partial charge in [0.1, 0.15) is 4.90 Å². The first-order chi connectivity index (χ1) is 18.1. The highest BCUT2D eigenvalue weighted by atomic mass is 32.2. The van der Waals surface area contributed by atoms with Crippen LogP contribution in [0.25, 0.3) is 12.2 Å². The maximum Gasteiger partial charge on any atom is 0.295 e. The van der Waals surface area contributed by atoms with Crippen LogP contribution >= 0.6 is 0 Å². The highest BCUT2D eigenvalue weighted by Crippen LogP contribution is 2.24. The second-order valence-corrected chi connectivity index (χ2v) is 9.73. The molecule has 0 aliphatic heterocycles. The monoisotopic (exact) mass is 528 g/mol. The first-order valence-corrected chi connectivity index (χ1v) is 12.8. The van der Waals surface area contributed by atoms with Crippen LogP contribution in [-0.2, 0) is 10.1 Å². The van der Waals surface area contributed by atoms with Crippen LogP contribution in [0.1, 0.15) is 31.8 Å². The van der Waals surface area contributed by atoms with Crippen molar-refractivity contribution in [1.82, 2.24) is 0 Å². The predicted molar refractivity (Wildman–Crippen MR) is 149 cm³/mol. The molecule has 4 aromatic carbocycles. The molecule has 0 atom stereocenters. The SMILES string of the molecule is Nc1ccc(C(=O)Nc2ccc(C=Cc3ccc(NC(=O)c4ccc(N)cc4)cc3S(=O)(=O)O)cc2)cc1. The predicted octanol–water partition coefficient (Wildman–Crippen LogP) is 4.77. The molecular formula is C28H24N4O5S. The number of hydrogen-bond acceptors (Lipinski definition) is 6. The van der Waals surface area contributed by atoms with Crippen LogP contribution in [0.15, 0.2) is 95.9 Å². The van der Waals surface area contributed by atoms with Gasteiger partial charge in [0.25, 0.3) is 21.9 Å². The summed E-state index contributed by atoms with van der Waals surface area (Å²) in [7, 11) is -4.59. The minimum Gasteiger partial charge on any atom is -0.399 e. The van der Waals surface area contributed by atoms with E-state index in [1.807, 2.05) is 0 Å². The second kappa shape index (κ2) is 11.0. The average Bonchev–Trinajstić information content (AvgIpc) is 2.89. The standard InChI is InChI=1S/C28H24N4O5S/c29-22-10-5-20(6-11-22)27(33)31-24-14-2-18(3-15-24)1-4-19-9-16-25(17-26(19)38(35,36)37)32-28(34)21-7-12-23(30)13-8-21/h1-17H,29-30H2,(H,31,33)(H,32,34)(H,35,36,37). The number of anilines is 4. The topological polar surface area (TPSA) is 165 Å². The maximum atomic E-state index is 12.5. The van der Waals surface area contributed by atoms with Gasteiger partial charge in [-0.15, -0.1) is 0 Å². The lowest BCUT2D eigenvalue weighted by Gasteiger charge is -2.09. The molecule has 192 valence electrons. The Morgan fingerprint density at radius 3 is 1.63 bits per heavy atom. The highest BCUT2D eigenvalue weighted by Gasteiger charge is 2.16. The van der Waals surface area contributed by atoms with Crippen molar-refractivity contribution in [2.24, 2.45) is 0 Å². The number of hydrogen-bond donors (Lipinski definition) is 5.